The van der Waals surface area contributed by atoms with Gasteiger partial charge in [0.25, 0.3) is 0 Å². The van der Waals surface area contributed by atoms with Crippen molar-refractivity contribution in [2.45, 2.75) is 13.8 Å². The molecule has 0 aliphatic rings. The summed E-state index contributed by atoms with van der Waals surface area (Å²) in [5.41, 5.74) is 1.18. The molecule has 0 radical (unpaired) electrons. The molecule has 0 aromatic carbocycles. The van der Waals surface area contributed by atoms with E-state index in [2.05, 4.69) is 18.8 Å². The van der Waals surface area contributed by atoms with E-state index in [0.29, 0.717) is 0 Å². The largest absolute Gasteiger partial charge is 0.391 e. The van der Waals surface area contributed by atoms with Gasteiger partial charge in [-0.25, -0.2) is 0 Å². The van der Waals surface area contributed by atoms with Crippen LogP contribution in [0, 0.1) is 0 Å². The standard InChI is InChI=1S/C9H15N/c1-4-9(3)7-6-8-10-5-2/h4,6-8,10H,1,5H2,2-3H3. The maximum Gasteiger partial charge on any atom is 0.0113 e. The van der Waals surface area contributed by atoms with E-state index in [1.807, 2.05) is 31.4 Å². The average Bonchev–Trinajstić information content (AvgIpc) is 1.98. The van der Waals surface area contributed by atoms with Crippen LogP contribution in [-0.4, -0.2) is 6.54 Å². The average molecular weight is 137 g/mol. The lowest BCUT2D eigenvalue weighted by atomic mass is 10.3. The normalized spacial score (nSPS) is 12.0. The summed E-state index contributed by atoms with van der Waals surface area (Å²) in [6.45, 7) is 8.69. The van der Waals surface area contributed by atoms with Crippen LogP contribution >= 0.6 is 0 Å². The number of hydrogen-bond donors (Lipinski definition) is 1. The van der Waals surface area contributed by atoms with Crippen LogP contribution in [0.1, 0.15) is 13.8 Å². The quantitative estimate of drug-likeness (QED) is 0.586. The van der Waals surface area contributed by atoms with Crippen LogP contribution in [0.25, 0.3) is 0 Å². The smallest absolute Gasteiger partial charge is 0.0113 e. The fourth-order valence-corrected chi connectivity index (χ4v) is 0.454. The molecule has 0 heterocycles. The molecule has 1 heteroatoms. The zero-order chi connectivity index (χ0) is 7.82. The van der Waals surface area contributed by atoms with Crippen molar-refractivity contribution >= 4 is 0 Å². The Kier molecular flexibility index (Phi) is 5.54. The first-order valence-electron chi connectivity index (χ1n) is 3.50. The van der Waals surface area contributed by atoms with Crippen molar-refractivity contribution in [3.8, 4) is 0 Å². The van der Waals surface area contributed by atoms with Crippen molar-refractivity contribution in [2.75, 3.05) is 6.54 Å². The molecule has 0 aliphatic heterocycles. The maximum atomic E-state index is 3.64. The molecule has 0 saturated heterocycles. The van der Waals surface area contributed by atoms with Gasteiger partial charge in [-0.15, -0.1) is 0 Å². The first-order chi connectivity index (χ1) is 4.81. The molecule has 0 bridgehead atoms. The van der Waals surface area contributed by atoms with E-state index >= 15 is 0 Å². The van der Waals surface area contributed by atoms with Crippen LogP contribution < -0.4 is 5.32 Å². The summed E-state index contributed by atoms with van der Waals surface area (Å²) in [5.74, 6) is 0. The van der Waals surface area contributed by atoms with E-state index in [9.17, 15) is 0 Å². The van der Waals surface area contributed by atoms with Gasteiger partial charge >= 0.3 is 0 Å². The van der Waals surface area contributed by atoms with Gasteiger partial charge in [-0.3, -0.25) is 0 Å². The minimum absolute atomic E-state index is 0.970. The van der Waals surface area contributed by atoms with Crippen molar-refractivity contribution in [3.05, 3.63) is 36.6 Å². The molecular weight excluding hydrogens is 122 g/mol. The molecular formula is C9H15N. The highest BCUT2D eigenvalue weighted by atomic mass is 14.8. The van der Waals surface area contributed by atoms with E-state index in [4.69, 9.17) is 0 Å². The van der Waals surface area contributed by atoms with Crippen LogP contribution in [0.5, 0.6) is 0 Å². The first kappa shape index (κ1) is 9.02. The van der Waals surface area contributed by atoms with Crippen molar-refractivity contribution in [2.24, 2.45) is 0 Å². The van der Waals surface area contributed by atoms with Gasteiger partial charge < -0.3 is 5.32 Å². The summed E-state index contributed by atoms with van der Waals surface area (Å²) >= 11 is 0. The van der Waals surface area contributed by atoms with Crippen molar-refractivity contribution < 1.29 is 0 Å². The molecule has 1 nitrogen and oxygen atoms in total. The summed E-state index contributed by atoms with van der Waals surface area (Å²) in [4.78, 5) is 0. The number of allylic oxidation sites excluding steroid dienone is 4. The van der Waals surface area contributed by atoms with Crippen LogP contribution in [0.4, 0.5) is 0 Å². The van der Waals surface area contributed by atoms with Crippen LogP contribution in [0.3, 0.4) is 0 Å². The molecule has 0 atom stereocenters. The van der Waals surface area contributed by atoms with Crippen molar-refractivity contribution in [1.82, 2.24) is 5.32 Å². The Morgan fingerprint density at radius 2 is 2.30 bits per heavy atom. The van der Waals surface area contributed by atoms with Gasteiger partial charge in [0.2, 0.25) is 0 Å². The minimum Gasteiger partial charge on any atom is -0.391 e. The topological polar surface area (TPSA) is 12.0 Å². The van der Waals surface area contributed by atoms with Crippen molar-refractivity contribution in [1.29, 1.82) is 0 Å². The number of rotatable bonds is 4. The lowest BCUT2D eigenvalue weighted by Crippen LogP contribution is -2.00. The van der Waals surface area contributed by atoms with Gasteiger partial charge in [-0.1, -0.05) is 24.3 Å². The van der Waals surface area contributed by atoms with Crippen LogP contribution in [0.2, 0.25) is 0 Å². The molecule has 0 spiro atoms. The lowest BCUT2D eigenvalue weighted by Gasteiger charge is -1.89. The molecule has 1 N–H and O–H groups in total. The molecule has 0 amide bonds. The van der Waals surface area contributed by atoms with Crippen LogP contribution in [0.15, 0.2) is 36.6 Å². The maximum absolute atomic E-state index is 3.64. The Morgan fingerprint density at radius 3 is 2.80 bits per heavy atom. The van der Waals surface area contributed by atoms with Crippen molar-refractivity contribution in [3.63, 3.8) is 0 Å². The second-order valence-corrected chi connectivity index (χ2v) is 2.03. The Balaban J connectivity index is 3.59. The Labute approximate surface area is 63.1 Å². The monoisotopic (exact) mass is 137 g/mol. The molecule has 0 aliphatic carbocycles. The second-order valence-electron chi connectivity index (χ2n) is 2.03. The number of hydrogen-bond acceptors (Lipinski definition) is 1. The van der Waals surface area contributed by atoms with E-state index in [-0.39, 0.29) is 0 Å². The predicted octanol–water partition coefficient (Wildman–Crippen LogP) is 2.24. The van der Waals surface area contributed by atoms with E-state index in [1.54, 1.807) is 0 Å². The Morgan fingerprint density at radius 1 is 1.60 bits per heavy atom. The fraction of sp³-hybridized carbons (Fsp3) is 0.333. The molecule has 10 heavy (non-hydrogen) atoms. The summed E-state index contributed by atoms with van der Waals surface area (Å²) in [7, 11) is 0. The third-order valence-corrected chi connectivity index (χ3v) is 1.10. The molecule has 0 saturated carbocycles. The van der Waals surface area contributed by atoms with Gasteiger partial charge in [0.15, 0.2) is 0 Å². The summed E-state index contributed by atoms with van der Waals surface area (Å²) in [6.07, 6.45) is 7.74. The predicted molar refractivity (Wildman–Crippen MR) is 46.8 cm³/mol. The van der Waals surface area contributed by atoms with Gasteiger partial charge in [0.05, 0.1) is 0 Å². The molecule has 0 unspecified atom stereocenters. The summed E-state index contributed by atoms with van der Waals surface area (Å²) in [5, 5.41) is 3.07. The summed E-state index contributed by atoms with van der Waals surface area (Å²) in [6, 6.07) is 0. The molecule has 56 valence electrons. The molecule has 0 rings (SSSR count). The zero-order valence-electron chi connectivity index (χ0n) is 6.72. The van der Waals surface area contributed by atoms with Gasteiger partial charge in [0.1, 0.15) is 0 Å². The number of nitrogens with one attached hydrogen (secondary N) is 1. The second kappa shape index (κ2) is 6.14. The minimum atomic E-state index is 0.970. The van der Waals surface area contributed by atoms with Crippen LogP contribution in [-0.2, 0) is 0 Å². The van der Waals surface area contributed by atoms with Gasteiger partial charge in [-0.05, 0) is 26.1 Å². The Bertz CT molecular complexity index is 143. The van der Waals surface area contributed by atoms with E-state index in [0.717, 1.165) is 6.54 Å². The Hall–Kier alpha value is -0.980. The van der Waals surface area contributed by atoms with Gasteiger partial charge in [0, 0.05) is 6.54 Å². The zero-order valence-corrected chi connectivity index (χ0v) is 6.72. The summed E-state index contributed by atoms with van der Waals surface area (Å²) < 4.78 is 0. The molecule has 0 aromatic rings. The first-order valence-corrected chi connectivity index (χ1v) is 3.50. The molecule has 0 fully saturated rings. The van der Waals surface area contributed by atoms with Gasteiger partial charge in [-0.2, -0.15) is 0 Å². The SMILES string of the molecule is C=CC(C)=CC=CNCC. The lowest BCUT2D eigenvalue weighted by molar-refractivity contribution is 0.919. The molecule has 0 aromatic heterocycles. The highest BCUT2D eigenvalue weighted by Gasteiger charge is 1.72. The van der Waals surface area contributed by atoms with E-state index in [1.165, 1.54) is 5.57 Å². The third-order valence-electron chi connectivity index (χ3n) is 1.10. The fourth-order valence-electron chi connectivity index (χ4n) is 0.454. The third kappa shape index (κ3) is 5.16. The highest BCUT2D eigenvalue weighted by Crippen LogP contribution is 1.91. The van der Waals surface area contributed by atoms with E-state index < -0.39 is 0 Å². The highest BCUT2D eigenvalue weighted by molar-refractivity contribution is 5.19.